The Bertz CT molecular complexity index is 273. The maximum absolute atomic E-state index is 11.7. The largest absolute Gasteiger partial charge is 0.326 e. The summed E-state index contributed by atoms with van der Waals surface area (Å²) in [6, 6.07) is -0.167. The number of hydrogen-bond donors (Lipinski definition) is 1. The predicted octanol–water partition coefficient (Wildman–Crippen LogP) is 0.395. The van der Waals surface area contributed by atoms with E-state index in [1.54, 1.807) is 7.05 Å². The second-order valence-electron chi connectivity index (χ2n) is 4.10. The van der Waals surface area contributed by atoms with Gasteiger partial charge in [-0.05, 0) is 25.2 Å². The molecule has 4 nitrogen and oxygen atoms in total. The van der Waals surface area contributed by atoms with Crippen LogP contribution in [-0.2, 0) is 10.0 Å². The van der Waals surface area contributed by atoms with Crippen LogP contribution in [0.15, 0.2) is 0 Å². The van der Waals surface area contributed by atoms with Gasteiger partial charge in [0.15, 0.2) is 0 Å². The minimum atomic E-state index is -3.12. The molecule has 0 aliphatic heterocycles. The number of nitrogens with two attached hydrogens (primary N) is 1. The fourth-order valence-electron chi connectivity index (χ4n) is 1.48. The average molecular weight is 220 g/mol. The molecule has 2 N–H and O–H groups in total. The SMILES string of the molecule is CCCN(C)S(=O)(=O)CC(N)C1CC1. The Morgan fingerprint density at radius 3 is 2.50 bits per heavy atom. The smallest absolute Gasteiger partial charge is 0.215 e. The van der Waals surface area contributed by atoms with E-state index < -0.39 is 10.0 Å². The Balaban J connectivity index is 2.47. The van der Waals surface area contributed by atoms with Crippen molar-refractivity contribution in [1.82, 2.24) is 4.31 Å². The van der Waals surface area contributed by atoms with Gasteiger partial charge in [0.2, 0.25) is 10.0 Å². The van der Waals surface area contributed by atoms with Crippen molar-refractivity contribution in [2.45, 2.75) is 32.2 Å². The first-order valence-corrected chi connectivity index (χ1v) is 6.78. The van der Waals surface area contributed by atoms with Crippen molar-refractivity contribution < 1.29 is 8.42 Å². The van der Waals surface area contributed by atoms with Gasteiger partial charge in [0.25, 0.3) is 0 Å². The third-order valence-electron chi connectivity index (χ3n) is 2.64. The van der Waals surface area contributed by atoms with E-state index in [2.05, 4.69) is 0 Å². The lowest BCUT2D eigenvalue weighted by atomic mass is 10.2. The molecule has 14 heavy (non-hydrogen) atoms. The highest BCUT2D eigenvalue weighted by Crippen LogP contribution is 2.32. The molecular weight excluding hydrogens is 200 g/mol. The van der Waals surface area contributed by atoms with Crippen molar-refractivity contribution in [2.75, 3.05) is 19.3 Å². The molecule has 0 aromatic rings. The molecule has 1 rings (SSSR count). The van der Waals surface area contributed by atoms with Gasteiger partial charge in [-0.1, -0.05) is 6.92 Å². The predicted molar refractivity (Wildman–Crippen MR) is 57.4 cm³/mol. The molecule has 0 spiro atoms. The topological polar surface area (TPSA) is 63.4 Å². The maximum atomic E-state index is 11.7. The Morgan fingerprint density at radius 1 is 1.50 bits per heavy atom. The second-order valence-corrected chi connectivity index (χ2v) is 6.22. The normalized spacial score (nSPS) is 20.0. The van der Waals surface area contributed by atoms with Gasteiger partial charge in [-0.3, -0.25) is 0 Å². The fourth-order valence-corrected chi connectivity index (χ4v) is 2.96. The van der Waals surface area contributed by atoms with Crippen LogP contribution >= 0.6 is 0 Å². The van der Waals surface area contributed by atoms with Crippen molar-refractivity contribution in [2.24, 2.45) is 11.7 Å². The first-order valence-electron chi connectivity index (χ1n) is 5.17. The molecule has 0 bridgehead atoms. The van der Waals surface area contributed by atoms with Crippen LogP contribution in [0.1, 0.15) is 26.2 Å². The molecule has 84 valence electrons. The summed E-state index contributed by atoms with van der Waals surface area (Å²) < 4.78 is 24.8. The molecule has 1 saturated carbocycles. The van der Waals surface area contributed by atoms with E-state index in [1.807, 2.05) is 6.92 Å². The van der Waals surface area contributed by atoms with Gasteiger partial charge in [-0.15, -0.1) is 0 Å². The lowest BCUT2D eigenvalue weighted by molar-refractivity contribution is 0.461. The molecule has 0 saturated heterocycles. The van der Waals surface area contributed by atoms with Crippen LogP contribution in [0.5, 0.6) is 0 Å². The Labute approximate surface area is 86.5 Å². The molecule has 0 aromatic heterocycles. The number of nitrogens with zero attached hydrogens (tertiary/aromatic N) is 1. The van der Waals surface area contributed by atoms with Gasteiger partial charge in [-0.2, -0.15) is 0 Å². The first-order chi connectivity index (χ1) is 6.47. The van der Waals surface area contributed by atoms with E-state index in [-0.39, 0.29) is 11.8 Å². The van der Waals surface area contributed by atoms with E-state index in [4.69, 9.17) is 5.73 Å². The van der Waals surface area contributed by atoms with Gasteiger partial charge in [0.1, 0.15) is 0 Å². The minimum Gasteiger partial charge on any atom is -0.326 e. The van der Waals surface area contributed by atoms with Crippen molar-refractivity contribution >= 4 is 10.0 Å². The Morgan fingerprint density at radius 2 is 2.07 bits per heavy atom. The van der Waals surface area contributed by atoms with Crippen LogP contribution in [0.4, 0.5) is 0 Å². The molecule has 1 atom stereocenters. The molecule has 0 heterocycles. The van der Waals surface area contributed by atoms with Crippen molar-refractivity contribution in [3.8, 4) is 0 Å². The molecule has 1 aliphatic rings. The molecule has 5 heteroatoms. The van der Waals surface area contributed by atoms with E-state index in [0.29, 0.717) is 12.5 Å². The summed E-state index contributed by atoms with van der Waals surface area (Å²) in [5.41, 5.74) is 5.79. The molecule has 0 aromatic carbocycles. The Kier molecular flexibility index (Phi) is 3.92. The third kappa shape index (κ3) is 3.22. The molecular formula is C9H20N2O2S. The highest BCUT2D eigenvalue weighted by atomic mass is 32.2. The van der Waals surface area contributed by atoms with Gasteiger partial charge in [0.05, 0.1) is 5.75 Å². The van der Waals surface area contributed by atoms with Gasteiger partial charge in [-0.25, -0.2) is 12.7 Å². The standard InChI is InChI=1S/C9H20N2O2S/c1-3-6-11(2)14(12,13)7-9(10)8-4-5-8/h8-9H,3-7,10H2,1-2H3. The van der Waals surface area contributed by atoms with Crippen molar-refractivity contribution in [3.05, 3.63) is 0 Å². The summed E-state index contributed by atoms with van der Waals surface area (Å²) in [5.74, 6) is 0.550. The summed E-state index contributed by atoms with van der Waals surface area (Å²) in [5, 5.41) is 0. The quantitative estimate of drug-likeness (QED) is 0.704. The second kappa shape index (κ2) is 4.59. The molecule has 1 unspecified atom stereocenters. The maximum Gasteiger partial charge on any atom is 0.215 e. The zero-order chi connectivity index (χ0) is 10.8. The number of rotatable bonds is 6. The van der Waals surface area contributed by atoms with Crippen LogP contribution in [0, 0.1) is 5.92 Å². The van der Waals surface area contributed by atoms with Gasteiger partial charge >= 0.3 is 0 Å². The number of sulfonamides is 1. The van der Waals surface area contributed by atoms with E-state index >= 15 is 0 Å². The summed E-state index contributed by atoms with van der Waals surface area (Å²) in [4.78, 5) is 0. The summed E-state index contributed by atoms with van der Waals surface area (Å²) in [6.45, 7) is 2.55. The average Bonchev–Trinajstić information content (AvgIpc) is 2.85. The van der Waals surface area contributed by atoms with Crippen LogP contribution < -0.4 is 5.73 Å². The highest BCUT2D eigenvalue weighted by Gasteiger charge is 2.32. The van der Waals surface area contributed by atoms with Crippen LogP contribution in [0.25, 0.3) is 0 Å². The zero-order valence-corrected chi connectivity index (χ0v) is 9.76. The first kappa shape index (κ1) is 11.9. The van der Waals surface area contributed by atoms with Crippen molar-refractivity contribution in [1.29, 1.82) is 0 Å². The summed E-state index contributed by atoms with van der Waals surface area (Å²) in [6.07, 6.45) is 3.02. The fraction of sp³-hybridized carbons (Fsp3) is 1.00. The van der Waals surface area contributed by atoms with E-state index in [9.17, 15) is 8.42 Å². The number of hydrogen-bond acceptors (Lipinski definition) is 3. The lowest BCUT2D eigenvalue weighted by Crippen LogP contribution is -2.39. The van der Waals surface area contributed by atoms with E-state index in [0.717, 1.165) is 19.3 Å². The van der Waals surface area contributed by atoms with Gasteiger partial charge < -0.3 is 5.73 Å². The molecule has 1 aliphatic carbocycles. The van der Waals surface area contributed by atoms with Crippen LogP contribution in [-0.4, -0.2) is 38.1 Å². The third-order valence-corrected chi connectivity index (χ3v) is 4.58. The summed E-state index contributed by atoms with van der Waals surface area (Å²) >= 11 is 0. The lowest BCUT2D eigenvalue weighted by Gasteiger charge is -2.18. The van der Waals surface area contributed by atoms with Gasteiger partial charge in [0, 0.05) is 19.6 Å². The van der Waals surface area contributed by atoms with E-state index in [1.165, 1.54) is 4.31 Å². The minimum absolute atomic E-state index is 0.105. The molecule has 1 fully saturated rings. The van der Waals surface area contributed by atoms with Crippen molar-refractivity contribution in [3.63, 3.8) is 0 Å². The van der Waals surface area contributed by atoms with Crippen LogP contribution in [0.3, 0.4) is 0 Å². The Hall–Kier alpha value is -0.130. The molecule has 0 amide bonds. The highest BCUT2D eigenvalue weighted by molar-refractivity contribution is 7.89. The van der Waals surface area contributed by atoms with Crippen LogP contribution in [0.2, 0.25) is 0 Å². The zero-order valence-electron chi connectivity index (χ0n) is 8.94. The molecule has 0 radical (unpaired) electrons. The monoisotopic (exact) mass is 220 g/mol. The summed E-state index contributed by atoms with van der Waals surface area (Å²) in [7, 11) is -1.49.